The van der Waals surface area contributed by atoms with E-state index in [0.29, 0.717) is 19.3 Å². The molecule has 6 nitrogen and oxygen atoms in total. The van der Waals surface area contributed by atoms with Crippen molar-refractivity contribution in [1.29, 1.82) is 0 Å². The number of carbonyl (C=O) groups excluding carboxylic acids is 3. The summed E-state index contributed by atoms with van der Waals surface area (Å²) in [6.45, 7) is 6.29. The predicted octanol–water partition coefficient (Wildman–Crippen LogP) is 23.2. The summed E-state index contributed by atoms with van der Waals surface area (Å²) in [5.41, 5.74) is 0. The van der Waals surface area contributed by atoms with Crippen molar-refractivity contribution in [2.24, 2.45) is 0 Å². The number of esters is 3. The van der Waals surface area contributed by atoms with Crippen molar-refractivity contribution in [2.45, 2.75) is 271 Å². The van der Waals surface area contributed by atoms with Crippen LogP contribution in [0.1, 0.15) is 265 Å². The van der Waals surface area contributed by atoms with Gasteiger partial charge in [0.1, 0.15) is 13.2 Å². The molecule has 0 N–H and O–H groups in total. The molecule has 0 aliphatic heterocycles. The highest BCUT2D eigenvalue weighted by Crippen LogP contribution is 2.14. The summed E-state index contributed by atoms with van der Waals surface area (Å²) in [6, 6.07) is 0. The fraction of sp³-hybridized carbons (Fsp3) is 0.571. The van der Waals surface area contributed by atoms with Gasteiger partial charge in [-0.1, -0.05) is 274 Å². The van der Waals surface area contributed by atoms with Crippen LogP contribution >= 0.6 is 0 Å². The van der Waals surface area contributed by atoms with Crippen molar-refractivity contribution >= 4 is 17.9 Å². The molecule has 0 aromatic heterocycles. The van der Waals surface area contributed by atoms with Crippen molar-refractivity contribution in [3.63, 3.8) is 0 Å². The molecule has 0 aliphatic rings. The number of hydrogen-bond donors (Lipinski definition) is 0. The molecule has 464 valence electrons. The number of allylic oxidation sites excluding steroid dienone is 30. The van der Waals surface area contributed by atoms with Crippen LogP contribution in [0, 0.1) is 0 Å². The zero-order valence-corrected chi connectivity index (χ0v) is 53.1. The van der Waals surface area contributed by atoms with Crippen LogP contribution in [-0.2, 0) is 28.6 Å². The molecule has 0 fully saturated rings. The van der Waals surface area contributed by atoms with Crippen molar-refractivity contribution in [1.82, 2.24) is 0 Å². The van der Waals surface area contributed by atoms with Gasteiger partial charge in [0.15, 0.2) is 6.10 Å². The first kappa shape index (κ1) is 77.5. The van der Waals surface area contributed by atoms with Gasteiger partial charge in [-0.3, -0.25) is 14.4 Å². The van der Waals surface area contributed by atoms with Crippen LogP contribution in [0.25, 0.3) is 0 Å². The fourth-order valence-electron chi connectivity index (χ4n) is 8.46. The van der Waals surface area contributed by atoms with E-state index in [1.54, 1.807) is 0 Å². The predicted molar refractivity (Wildman–Crippen MR) is 361 cm³/mol. The second-order valence-corrected chi connectivity index (χ2v) is 21.3. The average Bonchev–Trinajstić information content (AvgIpc) is 3.49. The van der Waals surface area contributed by atoms with Crippen LogP contribution in [0.4, 0.5) is 0 Å². The molecule has 0 heterocycles. The van der Waals surface area contributed by atoms with Gasteiger partial charge in [-0.25, -0.2) is 0 Å². The van der Waals surface area contributed by atoms with Crippen molar-refractivity contribution in [2.75, 3.05) is 13.2 Å². The van der Waals surface area contributed by atoms with Crippen LogP contribution in [0.5, 0.6) is 0 Å². The highest BCUT2D eigenvalue weighted by Gasteiger charge is 2.19. The molecular formula is C77H120O6. The van der Waals surface area contributed by atoms with Gasteiger partial charge in [-0.2, -0.15) is 0 Å². The van der Waals surface area contributed by atoms with E-state index in [2.05, 4.69) is 203 Å². The summed E-state index contributed by atoms with van der Waals surface area (Å²) < 4.78 is 16.9. The molecule has 0 rings (SSSR count). The highest BCUT2D eigenvalue weighted by molar-refractivity contribution is 5.71. The lowest BCUT2D eigenvalue weighted by Crippen LogP contribution is -2.30. The number of rotatable bonds is 58. The Balaban J connectivity index is 4.37. The van der Waals surface area contributed by atoms with Crippen molar-refractivity contribution in [3.8, 4) is 0 Å². The molecule has 0 saturated heterocycles. The fourth-order valence-corrected chi connectivity index (χ4v) is 8.46. The number of hydrogen-bond acceptors (Lipinski definition) is 6. The minimum absolute atomic E-state index is 0.109. The molecule has 0 aromatic carbocycles. The molecular weight excluding hydrogens is 1020 g/mol. The Morgan fingerprint density at radius 1 is 0.253 bits per heavy atom. The van der Waals surface area contributed by atoms with Crippen LogP contribution in [-0.4, -0.2) is 37.2 Å². The zero-order chi connectivity index (χ0) is 59.9. The number of carbonyl (C=O) groups is 3. The second-order valence-electron chi connectivity index (χ2n) is 21.3. The van der Waals surface area contributed by atoms with Gasteiger partial charge >= 0.3 is 17.9 Å². The Morgan fingerprint density at radius 2 is 0.470 bits per heavy atom. The third kappa shape index (κ3) is 67.2. The summed E-state index contributed by atoms with van der Waals surface area (Å²) in [4.78, 5) is 38.3. The highest BCUT2D eigenvalue weighted by atomic mass is 16.6. The smallest absolute Gasteiger partial charge is 0.306 e. The van der Waals surface area contributed by atoms with E-state index in [0.717, 1.165) is 180 Å². The van der Waals surface area contributed by atoms with Gasteiger partial charge in [-0.15, -0.1) is 0 Å². The van der Waals surface area contributed by atoms with E-state index < -0.39 is 6.10 Å². The van der Waals surface area contributed by atoms with Gasteiger partial charge in [-0.05, 0) is 154 Å². The maximum Gasteiger partial charge on any atom is 0.306 e. The lowest BCUT2D eigenvalue weighted by Gasteiger charge is -2.18. The van der Waals surface area contributed by atoms with Crippen molar-refractivity contribution < 1.29 is 28.6 Å². The van der Waals surface area contributed by atoms with Gasteiger partial charge in [0.2, 0.25) is 0 Å². The number of ether oxygens (including phenoxy) is 3. The summed E-state index contributed by atoms with van der Waals surface area (Å²) in [6.07, 6.45) is 103. The SMILES string of the molecule is CC/C=C\C/C=C\C/C=C\C/C=C\C/C=C\C/C=C\C/C=C\C/C=C\CCCCCCCCCCC(=O)OCC(COC(=O)CCCCCCC/C=C\C/C=C\CCC)OC(=O)CCCCC/C=C\C/C=C\C/C=C\C/C=C\C/C=C\CC. The average molecular weight is 1140 g/mol. The van der Waals surface area contributed by atoms with E-state index >= 15 is 0 Å². The Labute approximate surface area is 510 Å². The summed E-state index contributed by atoms with van der Waals surface area (Å²) in [7, 11) is 0. The lowest BCUT2D eigenvalue weighted by atomic mass is 10.1. The lowest BCUT2D eigenvalue weighted by molar-refractivity contribution is -0.167. The van der Waals surface area contributed by atoms with Crippen LogP contribution < -0.4 is 0 Å². The molecule has 0 aliphatic carbocycles. The second kappa shape index (κ2) is 69.0. The van der Waals surface area contributed by atoms with Gasteiger partial charge in [0.05, 0.1) is 0 Å². The maximum atomic E-state index is 12.9. The molecule has 0 saturated carbocycles. The van der Waals surface area contributed by atoms with E-state index in [4.69, 9.17) is 14.2 Å². The van der Waals surface area contributed by atoms with E-state index in [-0.39, 0.29) is 37.5 Å². The minimum atomic E-state index is -0.816. The van der Waals surface area contributed by atoms with Gasteiger partial charge < -0.3 is 14.2 Å². The third-order valence-corrected chi connectivity index (χ3v) is 13.4. The molecule has 1 unspecified atom stereocenters. The Bertz CT molecular complexity index is 1940. The first-order valence-corrected chi connectivity index (χ1v) is 33.3. The molecule has 0 aromatic rings. The Morgan fingerprint density at radius 3 is 0.747 bits per heavy atom. The van der Waals surface area contributed by atoms with Crippen LogP contribution in [0.3, 0.4) is 0 Å². The normalized spacial score (nSPS) is 13.3. The monoisotopic (exact) mass is 1140 g/mol. The summed E-state index contributed by atoms with van der Waals surface area (Å²) >= 11 is 0. The largest absolute Gasteiger partial charge is 0.462 e. The third-order valence-electron chi connectivity index (χ3n) is 13.4. The molecule has 83 heavy (non-hydrogen) atoms. The Hall–Kier alpha value is -5.49. The van der Waals surface area contributed by atoms with Gasteiger partial charge in [0, 0.05) is 19.3 Å². The standard InChI is InChI=1S/C77H120O6/c1-4-7-10-13-16-19-22-25-27-29-31-32-33-34-35-36-37-38-39-40-41-42-43-44-46-47-49-52-55-58-61-64-67-70-76(79)82-73-74(72-81-75(78)69-66-63-60-57-54-51-24-21-18-15-12-9-6-3)83-77(80)71-68-65-62-59-56-53-50-48-45-30-28-26-23-20-17-14-11-8-5-2/h7-8,10-12,15-17,19-21,24-28,31-32,34-35,37-38,40-41,43-45,48,53,56,74H,4-6,9,13-14,18,22-23,29-30,33,36,39,42,46-47,49-52,54-55,57-73H2,1-3H3/b10-7-,11-8-,15-12-,19-16-,20-17-,24-21-,27-25-,28-26-,32-31-,35-34-,38-37-,41-40-,44-43-,48-45-,56-53-. The molecule has 1 atom stereocenters. The van der Waals surface area contributed by atoms with E-state index in [1.807, 2.05) is 0 Å². The Kier molecular flexibility index (Phi) is 64.4. The topological polar surface area (TPSA) is 78.9 Å². The summed E-state index contributed by atoms with van der Waals surface area (Å²) in [5.74, 6) is -0.969. The molecule has 0 spiro atoms. The zero-order valence-electron chi connectivity index (χ0n) is 53.1. The van der Waals surface area contributed by atoms with E-state index in [9.17, 15) is 14.4 Å². The van der Waals surface area contributed by atoms with Gasteiger partial charge in [0.25, 0.3) is 0 Å². The molecule has 6 heteroatoms. The van der Waals surface area contributed by atoms with Crippen molar-refractivity contribution in [3.05, 3.63) is 182 Å². The van der Waals surface area contributed by atoms with Crippen LogP contribution in [0.2, 0.25) is 0 Å². The first-order chi connectivity index (χ1) is 41.0. The molecule has 0 bridgehead atoms. The summed E-state index contributed by atoms with van der Waals surface area (Å²) in [5, 5.41) is 0. The van der Waals surface area contributed by atoms with E-state index in [1.165, 1.54) is 38.5 Å². The number of unbranched alkanes of at least 4 members (excludes halogenated alkanes) is 17. The first-order valence-electron chi connectivity index (χ1n) is 33.3. The minimum Gasteiger partial charge on any atom is -0.462 e. The maximum absolute atomic E-state index is 12.9. The molecule has 0 amide bonds. The quantitative estimate of drug-likeness (QED) is 0.0261. The molecule has 0 radical (unpaired) electrons. The van der Waals surface area contributed by atoms with Crippen LogP contribution in [0.15, 0.2) is 182 Å².